The first-order chi connectivity index (χ1) is 8.80. The molecule has 0 aliphatic heterocycles. The molecule has 0 aromatic heterocycles. The van der Waals surface area contributed by atoms with E-state index in [0.29, 0.717) is 0 Å². The zero-order valence-electron chi connectivity index (χ0n) is 11.0. The Hall–Kier alpha value is -1.02. The second-order valence-electron chi connectivity index (χ2n) is 3.96. The van der Waals surface area contributed by atoms with Gasteiger partial charge in [0.25, 0.3) is 0 Å². The summed E-state index contributed by atoms with van der Waals surface area (Å²) in [5.74, 6) is 0. The molecule has 0 radical (unpaired) electrons. The summed E-state index contributed by atoms with van der Waals surface area (Å²) in [7, 11) is 1.70. The summed E-state index contributed by atoms with van der Waals surface area (Å²) in [5, 5.41) is 12.3. The van der Waals surface area contributed by atoms with Gasteiger partial charge in [-0.1, -0.05) is 19.1 Å². The monoisotopic (exact) mass is 264 g/mol. The fourth-order valence-electron chi connectivity index (χ4n) is 1.46. The van der Waals surface area contributed by atoms with E-state index in [1.165, 1.54) is 5.56 Å². The number of hydrogen-bond acceptors (Lipinski definition) is 4. The van der Waals surface area contributed by atoms with Crippen LogP contribution in [0.25, 0.3) is 0 Å². The van der Waals surface area contributed by atoms with Crippen LogP contribution >= 0.6 is 11.8 Å². The SMILES string of the molecule is CCC(C#N)Sc1ccc(CNCCOC)cc1. The first-order valence-corrected chi connectivity index (χ1v) is 7.03. The molecule has 0 saturated carbocycles. The Balaban J connectivity index is 2.40. The Morgan fingerprint density at radius 3 is 2.67 bits per heavy atom. The van der Waals surface area contributed by atoms with E-state index >= 15 is 0 Å². The minimum Gasteiger partial charge on any atom is -0.383 e. The van der Waals surface area contributed by atoms with Gasteiger partial charge in [-0.2, -0.15) is 5.26 Å². The van der Waals surface area contributed by atoms with Crippen LogP contribution in [-0.4, -0.2) is 25.5 Å². The van der Waals surface area contributed by atoms with Gasteiger partial charge in [0.05, 0.1) is 17.9 Å². The number of nitriles is 1. The Morgan fingerprint density at radius 1 is 1.39 bits per heavy atom. The average Bonchev–Trinajstić information content (AvgIpc) is 2.42. The van der Waals surface area contributed by atoms with Crippen LogP contribution in [0.1, 0.15) is 18.9 Å². The topological polar surface area (TPSA) is 45.0 Å². The van der Waals surface area contributed by atoms with E-state index in [1.807, 2.05) is 6.92 Å². The minimum atomic E-state index is 0.0516. The predicted molar refractivity (Wildman–Crippen MR) is 75.6 cm³/mol. The van der Waals surface area contributed by atoms with Crippen LogP contribution in [-0.2, 0) is 11.3 Å². The van der Waals surface area contributed by atoms with Crippen LogP contribution < -0.4 is 5.32 Å². The van der Waals surface area contributed by atoms with Crippen LogP contribution in [0.15, 0.2) is 29.2 Å². The zero-order valence-corrected chi connectivity index (χ0v) is 11.8. The highest BCUT2D eigenvalue weighted by Crippen LogP contribution is 2.24. The highest BCUT2D eigenvalue weighted by molar-refractivity contribution is 8.00. The van der Waals surface area contributed by atoms with E-state index in [2.05, 4.69) is 35.7 Å². The molecule has 0 heterocycles. The third kappa shape index (κ3) is 5.54. The fraction of sp³-hybridized carbons (Fsp3) is 0.500. The van der Waals surface area contributed by atoms with Crippen molar-refractivity contribution in [1.29, 1.82) is 5.26 Å². The lowest BCUT2D eigenvalue weighted by atomic mass is 10.2. The second-order valence-corrected chi connectivity index (χ2v) is 5.23. The Labute approximate surface area is 114 Å². The van der Waals surface area contributed by atoms with E-state index in [0.717, 1.165) is 31.0 Å². The number of nitrogens with one attached hydrogen (secondary N) is 1. The lowest BCUT2D eigenvalue weighted by Gasteiger charge is -2.07. The molecule has 0 amide bonds. The van der Waals surface area contributed by atoms with Crippen LogP contribution in [0.3, 0.4) is 0 Å². The van der Waals surface area contributed by atoms with Crippen molar-refractivity contribution < 1.29 is 4.74 Å². The van der Waals surface area contributed by atoms with Gasteiger partial charge in [0.15, 0.2) is 0 Å². The summed E-state index contributed by atoms with van der Waals surface area (Å²) in [6.07, 6.45) is 0.876. The summed E-state index contributed by atoms with van der Waals surface area (Å²) >= 11 is 1.63. The first kappa shape index (κ1) is 15.0. The van der Waals surface area contributed by atoms with E-state index in [4.69, 9.17) is 10.00 Å². The van der Waals surface area contributed by atoms with E-state index in [-0.39, 0.29) is 5.25 Å². The van der Waals surface area contributed by atoms with E-state index in [1.54, 1.807) is 18.9 Å². The zero-order chi connectivity index (χ0) is 13.2. The fourth-order valence-corrected chi connectivity index (χ4v) is 2.30. The Morgan fingerprint density at radius 2 is 2.11 bits per heavy atom. The quantitative estimate of drug-likeness (QED) is 0.579. The van der Waals surface area contributed by atoms with Gasteiger partial charge >= 0.3 is 0 Å². The average molecular weight is 264 g/mol. The maximum Gasteiger partial charge on any atom is 0.0961 e. The van der Waals surface area contributed by atoms with Crippen molar-refractivity contribution in [2.24, 2.45) is 0 Å². The van der Waals surface area contributed by atoms with Crippen molar-refractivity contribution in [3.8, 4) is 6.07 Å². The summed E-state index contributed by atoms with van der Waals surface area (Å²) in [5.41, 5.74) is 1.25. The number of hydrogen-bond donors (Lipinski definition) is 1. The minimum absolute atomic E-state index is 0.0516. The third-order valence-electron chi connectivity index (χ3n) is 2.53. The van der Waals surface area contributed by atoms with E-state index in [9.17, 15) is 0 Å². The molecular weight excluding hydrogens is 244 g/mol. The van der Waals surface area contributed by atoms with Gasteiger partial charge in [-0.25, -0.2) is 0 Å². The number of nitrogens with zero attached hydrogens (tertiary/aromatic N) is 1. The molecule has 1 aromatic rings. The highest BCUT2D eigenvalue weighted by atomic mass is 32.2. The molecule has 0 aliphatic rings. The summed E-state index contributed by atoms with van der Waals surface area (Å²) < 4.78 is 4.97. The van der Waals surface area contributed by atoms with Crippen LogP contribution in [0, 0.1) is 11.3 Å². The number of methoxy groups -OCH3 is 1. The lowest BCUT2D eigenvalue weighted by Crippen LogP contribution is -2.18. The van der Waals surface area contributed by atoms with Crippen LogP contribution in [0.2, 0.25) is 0 Å². The standard InChI is InChI=1S/C14H20N2OS/c1-3-13(10-15)18-14-6-4-12(5-7-14)11-16-8-9-17-2/h4-7,13,16H,3,8-9,11H2,1-2H3. The Bertz CT molecular complexity index is 372. The molecule has 0 fully saturated rings. The summed E-state index contributed by atoms with van der Waals surface area (Å²) in [6.45, 7) is 4.48. The van der Waals surface area contributed by atoms with Gasteiger partial charge in [0.1, 0.15) is 0 Å². The third-order valence-corrected chi connectivity index (χ3v) is 3.80. The molecule has 0 bridgehead atoms. The normalized spacial score (nSPS) is 12.1. The van der Waals surface area contributed by atoms with Gasteiger partial charge in [0.2, 0.25) is 0 Å². The number of benzene rings is 1. The molecule has 1 rings (SSSR count). The van der Waals surface area contributed by atoms with Gasteiger partial charge < -0.3 is 10.1 Å². The van der Waals surface area contributed by atoms with Crippen molar-refractivity contribution >= 4 is 11.8 Å². The molecule has 18 heavy (non-hydrogen) atoms. The molecule has 1 N–H and O–H groups in total. The maximum atomic E-state index is 8.92. The second kappa shape index (κ2) is 8.98. The molecule has 3 nitrogen and oxygen atoms in total. The van der Waals surface area contributed by atoms with Gasteiger partial charge in [-0.3, -0.25) is 0 Å². The predicted octanol–water partition coefficient (Wildman–Crippen LogP) is 2.82. The number of rotatable bonds is 8. The molecule has 0 saturated heterocycles. The molecule has 1 atom stereocenters. The first-order valence-electron chi connectivity index (χ1n) is 6.15. The number of ether oxygens (including phenoxy) is 1. The van der Waals surface area contributed by atoms with Gasteiger partial charge in [-0.05, 0) is 24.1 Å². The van der Waals surface area contributed by atoms with Gasteiger partial charge in [0, 0.05) is 25.1 Å². The molecule has 98 valence electrons. The molecule has 1 unspecified atom stereocenters. The van der Waals surface area contributed by atoms with Crippen LogP contribution in [0.4, 0.5) is 0 Å². The molecular formula is C14H20N2OS. The van der Waals surface area contributed by atoms with Crippen molar-refractivity contribution in [1.82, 2.24) is 5.32 Å². The largest absolute Gasteiger partial charge is 0.383 e. The molecule has 1 aromatic carbocycles. The summed E-state index contributed by atoms with van der Waals surface area (Å²) in [4.78, 5) is 1.16. The van der Waals surface area contributed by atoms with Crippen molar-refractivity contribution in [3.63, 3.8) is 0 Å². The molecule has 0 spiro atoms. The van der Waals surface area contributed by atoms with E-state index < -0.39 is 0 Å². The van der Waals surface area contributed by atoms with Crippen molar-refractivity contribution in [2.45, 2.75) is 30.0 Å². The molecule has 0 aliphatic carbocycles. The van der Waals surface area contributed by atoms with Gasteiger partial charge in [-0.15, -0.1) is 11.8 Å². The van der Waals surface area contributed by atoms with Crippen LogP contribution in [0.5, 0.6) is 0 Å². The van der Waals surface area contributed by atoms with Crippen molar-refractivity contribution in [2.75, 3.05) is 20.3 Å². The summed E-state index contributed by atoms with van der Waals surface area (Å²) in [6, 6.07) is 10.7. The Kier molecular flexibility index (Phi) is 7.51. The highest BCUT2D eigenvalue weighted by Gasteiger charge is 2.05. The van der Waals surface area contributed by atoms with Crippen molar-refractivity contribution in [3.05, 3.63) is 29.8 Å². The smallest absolute Gasteiger partial charge is 0.0961 e. The maximum absolute atomic E-state index is 8.92. The molecule has 4 heteroatoms. The lowest BCUT2D eigenvalue weighted by molar-refractivity contribution is 0.199. The number of thioether (sulfide) groups is 1.